The molecule has 0 aliphatic rings. The Kier molecular flexibility index (Phi) is 4.42. The minimum atomic E-state index is -1.12. The van der Waals surface area contributed by atoms with Gasteiger partial charge in [-0.15, -0.1) is 0 Å². The third-order valence-corrected chi connectivity index (χ3v) is 4.05. The zero-order valence-corrected chi connectivity index (χ0v) is 12.3. The van der Waals surface area contributed by atoms with Gasteiger partial charge in [0, 0.05) is 14.3 Å². The third kappa shape index (κ3) is 3.18. The Morgan fingerprint density at radius 2 is 2.00 bits per heavy atom. The molecule has 2 aromatic carbocycles. The second-order valence-corrected chi connectivity index (χ2v) is 5.80. The van der Waals surface area contributed by atoms with Crippen molar-refractivity contribution in [2.75, 3.05) is 0 Å². The summed E-state index contributed by atoms with van der Waals surface area (Å²) in [6, 6.07) is 10.6. The van der Waals surface area contributed by atoms with Crippen LogP contribution in [0, 0.1) is 17.1 Å². The first-order valence-corrected chi connectivity index (χ1v) is 7.02. The lowest BCUT2D eigenvalue weighted by Crippen LogP contribution is -1.97. The van der Waals surface area contributed by atoms with Crippen LogP contribution < -0.4 is 0 Å². The van der Waals surface area contributed by atoms with Crippen LogP contribution in [0.3, 0.4) is 0 Å². The average Bonchev–Trinajstić information content (AvgIpc) is 2.41. The molecule has 100 valence electrons. The van der Waals surface area contributed by atoms with E-state index in [1.165, 1.54) is 12.1 Å². The van der Waals surface area contributed by atoms with Crippen LogP contribution in [0.15, 0.2) is 50.7 Å². The molecule has 0 atom stereocenters. The highest BCUT2D eigenvalue weighted by Gasteiger charge is 2.12. The molecule has 0 fully saturated rings. The second-order valence-electron chi connectivity index (χ2n) is 3.80. The molecule has 0 bridgehead atoms. The number of nitriles is 1. The van der Waals surface area contributed by atoms with Crippen LogP contribution >= 0.6 is 27.7 Å². The van der Waals surface area contributed by atoms with E-state index in [1.807, 2.05) is 6.07 Å². The summed E-state index contributed by atoms with van der Waals surface area (Å²) in [5.74, 6) is -1.65. The Morgan fingerprint density at radius 3 is 2.65 bits per heavy atom. The number of carbonyl (C=O) groups is 1. The lowest BCUT2D eigenvalue weighted by atomic mass is 10.2. The number of hydrogen-bond acceptors (Lipinski definition) is 3. The van der Waals surface area contributed by atoms with Crippen molar-refractivity contribution in [1.82, 2.24) is 0 Å². The first kappa shape index (κ1) is 14.6. The smallest absolute Gasteiger partial charge is 0.335 e. The monoisotopic (exact) mass is 351 g/mol. The van der Waals surface area contributed by atoms with Crippen molar-refractivity contribution in [3.05, 3.63) is 57.8 Å². The van der Waals surface area contributed by atoms with Crippen LogP contribution in [0.2, 0.25) is 0 Å². The van der Waals surface area contributed by atoms with E-state index in [2.05, 4.69) is 15.9 Å². The second kappa shape index (κ2) is 6.07. The van der Waals surface area contributed by atoms with Crippen LogP contribution in [0.25, 0.3) is 0 Å². The van der Waals surface area contributed by atoms with Gasteiger partial charge in [-0.3, -0.25) is 0 Å². The summed E-state index contributed by atoms with van der Waals surface area (Å²) >= 11 is 4.30. The van der Waals surface area contributed by atoms with Gasteiger partial charge in [0.25, 0.3) is 0 Å². The molecular weight excluding hydrogens is 345 g/mol. The van der Waals surface area contributed by atoms with Crippen LogP contribution in [0.5, 0.6) is 0 Å². The fourth-order valence-electron chi connectivity index (χ4n) is 1.51. The van der Waals surface area contributed by atoms with E-state index >= 15 is 0 Å². The van der Waals surface area contributed by atoms with Crippen molar-refractivity contribution in [3.8, 4) is 6.07 Å². The van der Waals surface area contributed by atoms with Gasteiger partial charge in [-0.2, -0.15) is 5.26 Å². The molecule has 0 spiro atoms. The largest absolute Gasteiger partial charge is 0.478 e. The van der Waals surface area contributed by atoms with E-state index < -0.39 is 11.8 Å². The molecule has 0 aromatic heterocycles. The van der Waals surface area contributed by atoms with Gasteiger partial charge in [0.2, 0.25) is 0 Å². The normalized spacial score (nSPS) is 10.1. The summed E-state index contributed by atoms with van der Waals surface area (Å²) in [5, 5.41) is 18.0. The molecule has 0 heterocycles. The van der Waals surface area contributed by atoms with Crippen LogP contribution in [-0.2, 0) is 0 Å². The molecule has 2 rings (SSSR count). The Bertz CT molecular complexity index is 728. The van der Waals surface area contributed by atoms with Gasteiger partial charge in [-0.1, -0.05) is 27.7 Å². The number of halogens is 2. The van der Waals surface area contributed by atoms with E-state index in [4.69, 9.17) is 10.4 Å². The summed E-state index contributed by atoms with van der Waals surface area (Å²) in [7, 11) is 0. The fraction of sp³-hybridized carbons (Fsp3) is 0. The van der Waals surface area contributed by atoms with E-state index in [9.17, 15) is 9.18 Å². The molecule has 20 heavy (non-hydrogen) atoms. The van der Waals surface area contributed by atoms with Gasteiger partial charge in [0.15, 0.2) is 0 Å². The SMILES string of the molecule is N#Cc1ccc(Br)cc1Sc1cc(C(=O)O)ccc1F. The van der Waals surface area contributed by atoms with Crippen molar-refractivity contribution in [1.29, 1.82) is 5.26 Å². The van der Waals surface area contributed by atoms with Gasteiger partial charge in [-0.05, 0) is 36.4 Å². The number of hydrogen-bond donors (Lipinski definition) is 1. The van der Waals surface area contributed by atoms with Crippen molar-refractivity contribution in [2.24, 2.45) is 0 Å². The molecule has 0 aliphatic heterocycles. The van der Waals surface area contributed by atoms with E-state index in [1.54, 1.807) is 18.2 Å². The first-order chi connectivity index (χ1) is 9.51. The maximum absolute atomic E-state index is 13.7. The van der Waals surface area contributed by atoms with Gasteiger partial charge < -0.3 is 5.11 Å². The van der Waals surface area contributed by atoms with Crippen molar-refractivity contribution in [2.45, 2.75) is 9.79 Å². The summed E-state index contributed by atoms with van der Waals surface area (Å²) in [5.41, 5.74) is 0.403. The van der Waals surface area contributed by atoms with E-state index in [-0.39, 0.29) is 10.5 Å². The van der Waals surface area contributed by atoms with E-state index in [0.717, 1.165) is 22.3 Å². The van der Waals surface area contributed by atoms with Gasteiger partial charge in [0.1, 0.15) is 11.9 Å². The predicted octanol–water partition coefficient (Wildman–Crippen LogP) is 4.31. The molecule has 0 saturated carbocycles. The maximum atomic E-state index is 13.7. The highest BCUT2D eigenvalue weighted by Crippen LogP contribution is 2.34. The molecule has 3 nitrogen and oxygen atoms in total. The zero-order chi connectivity index (χ0) is 14.7. The molecule has 1 N–H and O–H groups in total. The third-order valence-electron chi connectivity index (χ3n) is 2.46. The van der Waals surface area contributed by atoms with Crippen molar-refractivity contribution < 1.29 is 14.3 Å². The molecule has 0 saturated heterocycles. The number of carboxylic acid groups (broad SMARTS) is 1. The Morgan fingerprint density at radius 1 is 1.25 bits per heavy atom. The molecular formula is C14H7BrFNO2S. The molecule has 0 radical (unpaired) electrons. The van der Waals surface area contributed by atoms with Crippen LogP contribution in [0.1, 0.15) is 15.9 Å². The first-order valence-electron chi connectivity index (χ1n) is 5.41. The van der Waals surface area contributed by atoms with Crippen molar-refractivity contribution in [3.63, 3.8) is 0 Å². The average molecular weight is 352 g/mol. The fourth-order valence-corrected chi connectivity index (χ4v) is 3.02. The quantitative estimate of drug-likeness (QED) is 0.894. The molecule has 0 aliphatic carbocycles. The minimum absolute atomic E-state index is 0.00223. The van der Waals surface area contributed by atoms with Gasteiger partial charge in [-0.25, -0.2) is 9.18 Å². The highest BCUT2D eigenvalue weighted by atomic mass is 79.9. The lowest BCUT2D eigenvalue weighted by molar-refractivity contribution is 0.0696. The molecule has 6 heteroatoms. The van der Waals surface area contributed by atoms with Crippen LogP contribution in [-0.4, -0.2) is 11.1 Å². The molecule has 2 aromatic rings. The number of benzene rings is 2. The Labute approximate surface area is 127 Å². The van der Waals surface area contributed by atoms with Gasteiger partial charge in [0.05, 0.1) is 11.1 Å². The topological polar surface area (TPSA) is 61.1 Å². The predicted molar refractivity (Wildman–Crippen MR) is 76.3 cm³/mol. The summed E-state index contributed by atoms with van der Waals surface area (Å²) < 4.78 is 14.5. The number of nitrogens with zero attached hydrogens (tertiary/aromatic N) is 1. The molecule has 0 unspecified atom stereocenters. The lowest BCUT2D eigenvalue weighted by Gasteiger charge is -2.06. The summed E-state index contributed by atoms with van der Waals surface area (Å²) in [4.78, 5) is 11.6. The Hall–Kier alpha value is -1.84. The molecule has 0 amide bonds. The maximum Gasteiger partial charge on any atom is 0.335 e. The Balaban J connectivity index is 2.44. The van der Waals surface area contributed by atoms with Crippen molar-refractivity contribution >= 4 is 33.7 Å². The number of rotatable bonds is 3. The number of aromatic carboxylic acids is 1. The highest BCUT2D eigenvalue weighted by molar-refractivity contribution is 9.10. The van der Waals surface area contributed by atoms with Gasteiger partial charge >= 0.3 is 5.97 Å². The van der Waals surface area contributed by atoms with Crippen LogP contribution in [0.4, 0.5) is 4.39 Å². The summed E-state index contributed by atoms with van der Waals surface area (Å²) in [6.07, 6.45) is 0. The standard InChI is InChI=1S/C14H7BrFNO2S/c15-10-3-1-9(7-17)12(6-10)20-13-5-8(14(18)19)2-4-11(13)16/h1-6H,(H,18,19). The van der Waals surface area contributed by atoms with E-state index in [0.29, 0.717) is 10.5 Å². The zero-order valence-electron chi connectivity index (χ0n) is 9.93. The summed E-state index contributed by atoms with van der Waals surface area (Å²) in [6.45, 7) is 0. The number of carboxylic acids is 1. The minimum Gasteiger partial charge on any atom is -0.478 e.